The number of carbonyl (C=O) groups excluding carboxylic acids is 2. The average Bonchev–Trinajstić information content (AvgIpc) is 2.79. The van der Waals surface area contributed by atoms with Gasteiger partial charge in [-0.25, -0.2) is 10.3 Å². The lowest BCUT2D eigenvalue weighted by atomic mass is 10.1. The first-order valence-electron chi connectivity index (χ1n) is 9.46. The van der Waals surface area contributed by atoms with E-state index in [0.717, 1.165) is 5.56 Å². The third-order valence-corrected chi connectivity index (χ3v) is 4.09. The summed E-state index contributed by atoms with van der Waals surface area (Å²) >= 11 is 0. The molecule has 3 aromatic rings. The number of anilines is 2. The van der Waals surface area contributed by atoms with Gasteiger partial charge in [-0.2, -0.15) is 0 Å². The third-order valence-electron chi connectivity index (χ3n) is 4.09. The lowest BCUT2D eigenvalue weighted by Gasteiger charge is -2.12. The monoisotopic (exact) mass is 405 g/mol. The van der Waals surface area contributed by atoms with Crippen LogP contribution in [0.2, 0.25) is 0 Å². The number of nitrogens with one attached hydrogen (secondary N) is 4. The van der Waals surface area contributed by atoms with Crippen molar-refractivity contribution in [3.63, 3.8) is 0 Å². The number of aromatic nitrogens is 1. The molecule has 0 bridgehead atoms. The molecule has 0 saturated carbocycles. The van der Waals surface area contributed by atoms with Crippen LogP contribution in [0.3, 0.4) is 0 Å². The van der Waals surface area contributed by atoms with Gasteiger partial charge in [0.05, 0.1) is 12.2 Å². The molecule has 0 spiro atoms. The molecular weight excluding hydrogens is 382 g/mol. The molecule has 2 aromatic carbocycles. The Morgan fingerprint density at radius 3 is 2.43 bits per heavy atom. The van der Waals surface area contributed by atoms with Crippen LogP contribution in [0.4, 0.5) is 16.2 Å². The summed E-state index contributed by atoms with van der Waals surface area (Å²) in [4.78, 5) is 33.4. The maximum atomic E-state index is 12.4. The quantitative estimate of drug-likeness (QED) is 0.323. The van der Waals surface area contributed by atoms with Crippen LogP contribution in [-0.2, 0) is 11.4 Å². The van der Waals surface area contributed by atoms with Crippen LogP contribution in [0.5, 0.6) is 0 Å². The highest BCUT2D eigenvalue weighted by molar-refractivity contribution is 5.99. The lowest BCUT2D eigenvalue weighted by Crippen LogP contribution is -2.34. The molecule has 0 atom stereocenters. The van der Waals surface area contributed by atoms with Crippen molar-refractivity contribution < 1.29 is 14.4 Å². The number of amides is 3. The Morgan fingerprint density at radius 1 is 0.900 bits per heavy atom. The largest absolute Gasteiger partial charge is 0.380 e. The van der Waals surface area contributed by atoms with E-state index in [0.29, 0.717) is 23.5 Å². The second kappa shape index (κ2) is 11.2. The molecule has 3 amide bonds. The Labute approximate surface area is 174 Å². The number of pyridine rings is 1. The number of hydrogen-bond acceptors (Lipinski definition) is 5. The molecule has 0 aliphatic heterocycles. The van der Waals surface area contributed by atoms with Crippen molar-refractivity contribution in [1.29, 1.82) is 0 Å². The first-order valence-corrected chi connectivity index (χ1v) is 9.46. The fourth-order valence-electron chi connectivity index (χ4n) is 2.62. The normalized spacial score (nSPS) is 10.1. The van der Waals surface area contributed by atoms with Crippen molar-refractivity contribution in [1.82, 2.24) is 15.8 Å². The average molecular weight is 405 g/mol. The first-order chi connectivity index (χ1) is 14.7. The van der Waals surface area contributed by atoms with E-state index in [4.69, 9.17) is 4.84 Å². The summed E-state index contributed by atoms with van der Waals surface area (Å²) in [5, 5.41) is 8.59. The fourth-order valence-corrected chi connectivity index (χ4v) is 2.62. The predicted molar refractivity (Wildman–Crippen MR) is 115 cm³/mol. The van der Waals surface area contributed by atoms with Crippen molar-refractivity contribution in [3.8, 4) is 0 Å². The summed E-state index contributed by atoms with van der Waals surface area (Å²) in [7, 11) is 0. The highest BCUT2D eigenvalue weighted by Crippen LogP contribution is 2.16. The summed E-state index contributed by atoms with van der Waals surface area (Å²) in [6, 6.07) is 19.7. The van der Waals surface area contributed by atoms with Crippen LogP contribution in [0.1, 0.15) is 15.9 Å². The standard InChI is InChI=1S/C22H23N5O3/c28-21(27-30-15-14-24-22(29)26-18-6-2-1-3-7-18)19-8-4-5-9-20(19)25-16-17-10-12-23-13-11-17/h1-13,25H,14-16H2,(H,27,28)(H2,24,26,29). The summed E-state index contributed by atoms with van der Waals surface area (Å²) in [5.74, 6) is -0.374. The molecule has 0 fully saturated rings. The van der Waals surface area contributed by atoms with Crippen molar-refractivity contribution in [2.45, 2.75) is 6.54 Å². The van der Waals surface area contributed by atoms with Gasteiger partial charge in [0.25, 0.3) is 5.91 Å². The van der Waals surface area contributed by atoms with Gasteiger partial charge in [0.2, 0.25) is 0 Å². The Balaban J connectivity index is 1.40. The van der Waals surface area contributed by atoms with E-state index in [2.05, 4.69) is 26.4 Å². The minimum Gasteiger partial charge on any atom is -0.380 e. The van der Waals surface area contributed by atoms with Gasteiger partial charge in [-0.3, -0.25) is 14.6 Å². The molecule has 0 aliphatic carbocycles. The number of carbonyl (C=O) groups is 2. The zero-order chi connectivity index (χ0) is 21.0. The van der Waals surface area contributed by atoms with Gasteiger partial charge in [0, 0.05) is 36.9 Å². The van der Waals surface area contributed by atoms with Crippen molar-refractivity contribution in [2.24, 2.45) is 0 Å². The topological polar surface area (TPSA) is 104 Å². The first kappa shape index (κ1) is 20.8. The van der Waals surface area contributed by atoms with Gasteiger partial charge in [0.15, 0.2) is 0 Å². The molecule has 154 valence electrons. The third kappa shape index (κ3) is 6.61. The van der Waals surface area contributed by atoms with E-state index in [1.165, 1.54) is 0 Å². The van der Waals surface area contributed by atoms with E-state index in [9.17, 15) is 9.59 Å². The second-order valence-corrected chi connectivity index (χ2v) is 6.28. The number of urea groups is 1. The SMILES string of the molecule is O=C(NCCONC(=O)c1ccccc1NCc1ccncc1)Nc1ccccc1. The predicted octanol–water partition coefficient (Wildman–Crippen LogP) is 3.18. The lowest BCUT2D eigenvalue weighted by molar-refractivity contribution is 0.0332. The van der Waals surface area contributed by atoms with Gasteiger partial charge >= 0.3 is 6.03 Å². The van der Waals surface area contributed by atoms with E-state index >= 15 is 0 Å². The minimum atomic E-state index is -0.374. The number of para-hydroxylation sites is 2. The molecule has 0 aliphatic rings. The molecule has 0 saturated heterocycles. The molecule has 30 heavy (non-hydrogen) atoms. The maximum absolute atomic E-state index is 12.4. The smallest absolute Gasteiger partial charge is 0.319 e. The summed E-state index contributed by atoms with van der Waals surface area (Å²) in [6.45, 7) is 0.926. The summed E-state index contributed by atoms with van der Waals surface area (Å²) < 4.78 is 0. The van der Waals surface area contributed by atoms with Gasteiger partial charge < -0.3 is 16.0 Å². The number of nitrogens with zero attached hydrogens (tertiary/aromatic N) is 1. The van der Waals surface area contributed by atoms with Crippen LogP contribution in [0.15, 0.2) is 79.1 Å². The van der Waals surface area contributed by atoms with Crippen molar-refractivity contribution >= 4 is 23.3 Å². The molecule has 8 heteroatoms. The molecule has 1 aromatic heterocycles. The molecule has 0 radical (unpaired) electrons. The van der Waals surface area contributed by atoms with Crippen LogP contribution in [-0.4, -0.2) is 30.1 Å². The Hall–Kier alpha value is -3.91. The molecule has 3 rings (SSSR count). The van der Waals surface area contributed by atoms with E-state index in [1.54, 1.807) is 36.7 Å². The highest BCUT2D eigenvalue weighted by Gasteiger charge is 2.11. The van der Waals surface area contributed by atoms with E-state index in [1.807, 2.05) is 42.5 Å². The Bertz CT molecular complexity index is 951. The number of rotatable bonds is 9. The number of hydroxylamine groups is 1. The van der Waals surface area contributed by atoms with Gasteiger partial charge in [-0.1, -0.05) is 30.3 Å². The van der Waals surface area contributed by atoms with Crippen molar-refractivity contribution in [2.75, 3.05) is 23.8 Å². The van der Waals surface area contributed by atoms with Crippen LogP contribution in [0.25, 0.3) is 0 Å². The van der Waals surface area contributed by atoms with Gasteiger partial charge in [-0.05, 0) is 42.0 Å². The Morgan fingerprint density at radius 2 is 1.63 bits per heavy atom. The molecule has 1 heterocycles. The fraction of sp³-hybridized carbons (Fsp3) is 0.136. The zero-order valence-corrected chi connectivity index (χ0v) is 16.3. The summed E-state index contributed by atoms with van der Waals surface area (Å²) in [5.41, 5.74) is 5.30. The minimum absolute atomic E-state index is 0.126. The second-order valence-electron chi connectivity index (χ2n) is 6.28. The zero-order valence-electron chi connectivity index (χ0n) is 16.3. The maximum Gasteiger partial charge on any atom is 0.319 e. The van der Waals surface area contributed by atoms with E-state index in [-0.39, 0.29) is 25.1 Å². The van der Waals surface area contributed by atoms with Crippen LogP contribution < -0.4 is 21.4 Å². The number of hydrogen-bond donors (Lipinski definition) is 4. The molecule has 0 unspecified atom stereocenters. The molecule has 4 N–H and O–H groups in total. The van der Waals surface area contributed by atoms with Gasteiger partial charge in [-0.15, -0.1) is 0 Å². The highest BCUT2D eigenvalue weighted by atomic mass is 16.6. The molecular formula is C22H23N5O3. The van der Waals surface area contributed by atoms with E-state index < -0.39 is 0 Å². The number of benzene rings is 2. The Kier molecular flexibility index (Phi) is 7.76. The van der Waals surface area contributed by atoms with Crippen LogP contribution >= 0.6 is 0 Å². The van der Waals surface area contributed by atoms with Crippen molar-refractivity contribution in [3.05, 3.63) is 90.3 Å². The summed E-state index contributed by atoms with van der Waals surface area (Å²) in [6.07, 6.45) is 3.44. The van der Waals surface area contributed by atoms with Gasteiger partial charge in [0.1, 0.15) is 0 Å². The molecule has 8 nitrogen and oxygen atoms in total. The van der Waals surface area contributed by atoms with Crippen LogP contribution in [0, 0.1) is 0 Å².